The van der Waals surface area contributed by atoms with Crippen LogP contribution in [0.4, 0.5) is 0 Å². The summed E-state index contributed by atoms with van der Waals surface area (Å²) >= 11 is 1.79. The molecule has 7 aromatic carbocycles. The van der Waals surface area contributed by atoms with Crippen molar-refractivity contribution in [3.8, 4) is 45.3 Å². The largest absolute Gasteiger partial charge is 0.455 e. The molecule has 0 atom stereocenters. The van der Waals surface area contributed by atoms with E-state index in [1.807, 2.05) is 36.4 Å². The number of fused-ring (bicyclic) bond motifs is 7. The lowest BCUT2D eigenvalue weighted by atomic mass is 10.00. The monoisotopic (exact) mass is 631 g/mol. The van der Waals surface area contributed by atoms with Gasteiger partial charge in [-0.1, -0.05) is 115 Å². The van der Waals surface area contributed by atoms with E-state index in [1.54, 1.807) is 11.3 Å². The molecule has 0 fully saturated rings. The van der Waals surface area contributed by atoms with Crippen LogP contribution < -0.4 is 0 Å². The first-order chi connectivity index (χ1) is 23.7. The van der Waals surface area contributed by atoms with E-state index in [9.17, 15) is 0 Å². The van der Waals surface area contributed by atoms with Crippen molar-refractivity contribution in [3.63, 3.8) is 0 Å². The highest BCUT2D eigenvalue weighted by molar-refractivity contribution is 7.25. The van der Waals surface area contributed by atoms with Crippen LogP contribution in [0.2, 0.25) is 0 Å². The van der Waals surface area contributed by atoms with Gasteiger partial charge in [0, 0.05) is 42.1 Å². The van der Waals surface area contributed by atoms with E-state index in [2.05, 4.69) is 115 Å². The molecule has 0 aliphatic heterocycles. The first-order valence-electron chi connectivity index (χ1n) is 15.9. The van der Waals surface area contributed by atoms with Crippen LogP contribution in [-0.2, 0) is 0 Å². The summed E-state index contributed by atoms with van der Waals surface area (Å²) in [6.07, 6.45) is 0. The molecule has 0 saturated heterocycles. The molecule has 0 bridgehead atoms. The number of nitrogens with zero attached hydrogens (tertiary/aromatic N) is 3. The third kappa shape index (κ3) is 4.40. The number of rotatable bonds is 4. The molecule has 224 valence electrons. The van der Waals surface area contributed by atoms with Crippen LogP contribution in [0, 0.1) is 0 Å². The molecule has 0 aliphatic carbocycles. The number of hydrogen-bond acceptors (Lipinski definition) is 5. The first-order valence-corrected chi connectivity index (χ1v) is 16.7. The molecule has 48 heavy (non-hydrogen) atoms. The van der Waals surface area contributed by atoms with E-state index in [0.29, 0.717) is 17.5 Å². The van der Waals surface area contributed by atoms with Gasteiger partial charge in [0.1, 0.15) is 11.2 Å². The second-order valence-electron chi connectivity index (χ2n) is 12.0. The van der Waals surface area contributed by atoms with Crippen molar-refractivity contribution < 1.29 is 4.42 Å². The SMILES string of the molecule is c1ccc(-c2ccc3ccc(-c4nc(-c5ccc6c(c5)sc5ccccc56)nc(-c5cccc6c5oc5ccccc56)n4)cc3c2)cc1. The minimum Gasteiger partial charge on any atom is -0.455 e. The van der Waals surface area contributed by atoms with Gasteiger partial charge in [-0.15, -0.1) is 11.3 Å². The van der Waals surface area contributed by atoms with Crippen molar-refractivity contribution in [2.24, 2.45) is 0 Å². The maximum Gasteiger partial charge on any atom is 0.167 e. The number of aromatic nitrogens is 3. The summed E-state index contributed by atoms with van der Waals surface area (Å²) in [6.45, 7) is 0. The quantitative estimate of drug-likeness (QED) is 0.194. The minimum atomic E-state index is 0.578. The van der Waals surface area contributed by atoms with Gasteiger partial charge in [-0.25, -0.2) is 15.0 Å². The molecule has 0 N–H and O–H groups in total. The highest BCUT2D eigenvalue weighted by atomic mass is 32.1. The molecule has 0 radical (unpaired) electrons. The van der Waals surface area contributed by atoms with Crippen molar-refractivity contribution >= 4 is 64.2 Å². The second-order valence-corrected chi connectivity index (χ2v) is 13.1. The Morgan fingerprint density at radius 2 is 1.04 bits per heavy atom. The molecular formula is C43H25N3OS. The number of para-hydroxylation sites is 2. The van der Waals surface area contributed by atoms with Crippen LogP contribution in [0.3, 0.4) is 0 Å². The van der Waals surface area contributed by atoms with E-state index in [1.165, 1.54) is 31.3 Å². The minimum absolute atomic E-state index is 0.578. The van der Waals surface area contributed by atoms with Crippen molar-refractivity contribution in [1.29, 1.82) is 0 Å². The lowest BCUT2D eigenvalue weighted by molar-refractivity contribution is 0.669. The van der Waals surface area contributed by atoms with Crippen molar-refractivity contribution in [3.05, 3.63) is 152 Å². The second kappa shape index (κ2) is 10.7. The van der Waals surface area contributed by atoms with E-state index < -0.39 is 0 Å². The Labute approximate surface area is 279 Å². The zero-order valence-electron chi connectivity index (χ0n) is 25.6. The Kier molecular flexibility index (Phi) is 6.01. The Balaban J connectivity index is 1.19. The fourth-order valence-corrected chi connectivity index (χ4v) is 7.88. The van der Waals surface area contributed by atoms with Crippen LogP contribution in [0.5, 0.6) is 0 Å². The Morgan fingerprint density at radius 3 is 1.92 bits per heavy atom. The van der Waals surface area contributed by atoms with Crippen LogP contribution in [0.15, 0.2) is 156 Å². The summed E-state index contributed by atoms with van der Waals surface area (Å²) in [6, 6.07) is 52.9. The summed E-state index contributed by atoms with van der Waals surface area (Å²) in [5.74, 6) is 1.82. The fraction of sp³-hybridized carbons (Fsp3) is 0. The van der Waals surface area contributed by atoms with E-state index in [-0.39, 0.29) is 0 Å². The highest BCUT2D eigenvalue weighted by Gasteiger charge is 2.18. The summed E-state index contributed by atoms with van der Waals surface area (Å²) < 4.78 is 8.91. The summed E-state index contributed by atoms with van der Waals surface area (Å²) in [7, 11) is 0. The Morgan fingerprint density at radius 1 is 0.396 bits per heavy atom. The third-order valence-electron chi connectivity index (χ3n) is 9.12. The molecular weight excluding hydrogens is 607 g/mol. The van der Waals surface area contributed by atoms with Crippen molar-refractivity contribution in [2.45, 2.75) is 0 Å². The standard InChI is InChI=1S/C43H25N3OS/c1-2-9-26(10-3-1)28-19-17-27-18-20-29(24-31(27)23-28)41-44-42(30-21-22-34-33-12-5-7-16-38(33)48-39(34)25-30)46-43(45-41)36-14-8-13-35-32-11-4-6-15-37(32)47-40(35)36/h1-25H. The average molecular weight is 632 g/mol. The number of furan rings is 1. The highest BCUT2D eigenvalue weighted by Crippen LogP contribution is 2.38. The molecule has 10 aromatic rings. The molecule has 0 saturated carbocycles. The summed E-state index contributed by atoms with van der Waals surface area (Å²) in [5, 5.41) is 6.91. The third-order valence-corrected chi connectivity index (χ3v) is 10.3. The fourth-order valence-electron chi connectivity index (χ4n) is 6.74. The van der Waals surface area contributed by atoms with Gasteiger partial charge in [0.25, 0.3) is 0 Å². The number of thiophene rings is 1. The lowest BCUT2D eigenvalue weighted by Crippen LogP contribution is -2.00. The molecule has 0 spiro atoms. The van der Waals surface area contributed by atoms with Gasteiger partial charge >= 0.3 is 0 Å². The zero-order chi connectivity index (χ0) is 31.6. The molecule has 3 aromatic heterocycles. The Bertz CT molecular complexity index is 2850. The molecule has 3 heterocycles. The van der Waals surface area contributed by atoms with Gasteiger partial charge in [0.05, 0.1) is 5.56 Å². The van der Waals surface area contributed by atoms with E-state index in [4.69, 9.17) is 19.4 Å². The summed E-state index contributed by atoms with van der Waals surface area (Å²) in [5.41, 5.74) is 6.68. The maximum atomic E-state index is 6.43. The molecule has 10 rings (SSSR count). The lowest BCUT2D eigenvalue weighted by Gasteiger charge is -2.10. The van der Waals surface area contributed by atoms with Gasteiger partial charge in [-0.3, -0.25) is 0 Å². The van der Waals surface area contributed by atoms with Gasteiger partial charge in [-0.2, -0.15) is 0 Å². The summed E-state index contributed by atoms with van der Waals surface area (Å²) in [4.78, 5) is 15.4. The van der Waals surface area contributed by atoms with Crippen molar-refractivity contribution in [2.75, 3.05) is 0 Å². The maximum absolute atomic E-state index is 6.43. The van der Waals surface area contributed by atoms with Crippen molar-refractivity contribution in [1.82, 2.24) is 15.0 Å². The molecule has 0 amide bonds. The molecule has 0 aliphatic rings. The topological polar surface area (TPSA) is 51.8 Å². The molecule has 0 unspecified atom stereocenters. The van der Waals surface area contributed by atoms with Crippen LogP contribution in [-0.4, -0.2) is 15.0 Å². The van der Waals surface area contributed by atoms with E-state index in [0.717, 1.165) is 49.4 Å². The average Bonchev–Trinajstić information content (AvgIpc) is 3.73. The molecule has 5 heteroatoms. The van der Waals surface area contributed by atoms with Gasteiger partial charge in [0.15, 0.2) is 17.5 Å². The normalized spacial score (nSPS) is 11.8. The molecule has 4 nitrogen and oxygen atoms in total. The number of benzene rings is 7. The predicted octanol–water partition coefficient (Wildman–Crippen LogP) is 12.0. The van der Waals surface area contributed by atoms with Crippen LogP contribution in [0.1, 0.15) is 0 Å². The van der Waals surface area contributed by atoms with Crippen LogP contribution in [0.25, 0.3) is 98.2 Å². The smallest absolute Gasteiger partial charge is 0.167 e. The van der Waals surface area contributed by atoms with Gasteiger partial charge in [-0.05, 0) is 58.3 Å². The predicted molar refractivity (Wildman–Crippen MR) is 199 cm³/mol. The number of hydrogen-bond donors (Lipinski definition) is 0. The van der Waals surface area contributed by atoms with Gasteiger partial charge in [0.2, 0.25) is 0 Å². The van der Waals surface area contributed by atoms with Gasteiger partial charge < -0.3 is 4.42 Å². The Hall–Kier alpha value is -6.17. The van der Waals surface area contributed by atoms with Crippen LogP contribution >= 0.6 is 11.3 Å². The first kappa shape index (κ1) is 27.0. The zero-order valence-corrected chi connectivity index (χ0v) is 26.4. The van der Waals surface area contributed by atoms with E-state index >= 15 is 0 Å².